The number of aryl methyl sites for hydroxylation is 1. The Bertz CT molecular complexity index is 423. The Balaban J connectivity index is 2.05. The number of hydrogen-bond donors (Lipinski definition) is 0. The number of ketones is 1. The Kier molecular flexibility index (Phi) is 4.72. The van der Waals surface area contributed by atoms with Crippen LogP contribution in [0.4, 0.5) is 0 Å². The first kappa shape index (κ1) is 14.2. The van der Waals surface area contributed by atoms with Crippen LogP contribution in [0.15, 0.2) is 24.3 Å². The number of carbonyl (C=O) groups excluding carboxylic acids is 1. The third-order valence-corrected chi connectivity index (χ3v) is 3.78. The summed E-state index contributed by atoms with van der Waals surface area (Å²) >= 11 is 0. The van der Waals surface area contributed by atoms with Gasteiger partial charge >= 0.3 is 0 Å². The predicted molar refractivity (Wildman–Crippen MR) is 76.6 cm³/mol. The Morgan fingerprint density at radius 1 is 1.37 bits per heavy atom. The zero-order valence-electron chi connectivity index (χ0n) is 12.1. The number of rotatable bonds is 7. The molecule has 3 nitrogen and oxygen atoms in total. The second kappa shape index (κ2) is 6.31. The van der Waals surface area contributed by atoms with Crippen molar-refractivity contribution in [2.75, 3.05) is 20.3 Å². The van der Waals surface area contributed by atoms with Crippen molar-refractivity contribution >= 4 is 5.78 Å². The molecule has 0 bridgehead atoms. The van der Waals surface area contributed by atoms with Gasteiger partial charge in [0, 0.05) is 25.3 Å². The summed E-state index contributed by atoms with van der Waals surface area (Å²) in [5, 5.41) is 0. The van der Waals surface area contributed by atoms with Crippen molar-refractivity contribution in [3.63, 3.8) is 0 Å². The minimum Gasteiger partial charge on any atom is -0.383 e. The van der Waals surface area contributed by atoms with E-state index < -0.39 is 0 Å². The number of nitrogens with zero attached hydrogens (tertiary/aromatic N) is 1. The molecule has 3 heteroatoms. The van der Waals surface area contributed by atoms with Crippen molar-refractivity contribution in [3.05, 3.63) is 35.4 Å². The van der Waals surface area contributed by atoms with E-state index in [0.717, 1.165) is 12.1 Å². The molecule has 1 unspecified atom stereocenters. The molecule has 1 atom stereocenters. The van der Waals surface area contributed by atoms with Crippen LogP contribution in [0.25, 0.3) is 0 Å². The summed E-state index contributed by atoms with van der Waals surface area (Å²) < 4.78 is 5.15. The van der Waals surface area contributed by atoms with E-state index >= 15 is 0 Å². The van der Waals surface area contributed by atoms with Gasteiger partial charge in [-0.15, -0.1) is 0 Å². The van der Waals surface area contributed by atoms with Crippen molar-refractivity contribution in [1.29, 1.82) is 0 Å². The zero-order chi connectivity index (χ0) is 13.8. The van der Waals surface area contributed by atoms with E-state index in [9.17, 15) is 4.79 Å². The number of Topliss-reactive ketones (excluding diaryl/α,β-unsaturated/α-hetero) is 1. The van der Waals surface area contributed by atoms with Gasteiger partial charge in [-0.1, -0.05) is 29.8 Å². The monoisotopic (exact) mass is 261 g/mol. The number of benzene rings is 1. The minimum absolute atomic E-state index is 0.0645. The Labute approximate surface area is 115 Å². The maximum absolute atomic E-state index is 12.5. The third-order valence-electron chi connectivity index (χ3n) is 3.78. The standard InChI is InChI=1S/C16H23NO2/c1-12-4-6-14(7-5-12)16(18)13(2)17(10-11-19-3)15-8-9-15/h4-7,13,15H,8-11H2,1-3H3. The van der Waals surface area contributed by atoms with Gasteiger partial charge < -0.3 is 4.74 Å². The molecule has 1 aliphatic carbocycles. The molecule has 19 heavy (non-hydrogen) atoms. The summed E-state index contributed by atoms with van der Waals surface area (Å²) in [4.78, 5) is 14.8. The summed E-state index contributed by atoms with van der Waals surface area (Å²) in [5.74, 6) is 0.211. The van der Waals surface area contributed by atoms with Gasteiger partial charge in [-0.2, -0.15) is 0 Å². The van der Waals surface area contributed by atoms with E-state index in [-0.39, 0.29) is 11.8 Å². The fraction of sp³-hybridized carbons (Fsp3) is 0.562. The largest absolute Gasteiger partial charge is 0.383 e. The van der Waals surface area contributed by atoms with Crippen LogP contribution < -0.4 is 0 Å². The van der Waals surface area contributed by atoms with Gasteiger partial charge in [0.25, 0.3) is 0 Å². The second-order valence-corrected chi connectivity index (χ2v) is 5.37. The molecule has 0 spiro atoms. The minimum atomic E-state index is -0.0645. The van der Waals surface area contributed by atoms with Gasteiger partial charge in [0.15, 0.2) is 5.78 Å². The van der Waals surface area contributed by atoms with E-state index in [4.69, 9.17) is 4.74 Å². The Hall–Kier alpha value is -1.19. The maximum Gasteiger partial charge on any atom is 0.179 e. The van der Waals surface area contributed by atoms with E-state index in [1.54, 1.807) is 7.11 Å². The highest BCUT2D eigenvalue weighted by atomic mass is 16.5. The molecule has 104 valence electrons. The molecule has 1 aromatic carbocycles. The molecule has 0 N–H and O–H groups in total. The van der Waals surface area contributed by atoms with Crippen LogP contribution >= 0.6 is 0 Å². The van der Waals surface area contributed by atoms with E-state index in [0.29, 0.717) is 12.6 Å². The lowest BCUT2D eigenvalue weighted by Gasteiger charge is -2.27. The van der Waals surface area contributed by atoms with E-state index in [2.05, 4.69) is 4.90 Å². The lowest BCUT2D eigenvalue weighted by Crippen LogP contribution is -2.42. The molecular weight excluding hydrogens is 238 g/mol. The SMILES string of the molecule is COCCN(C1CC1)C(C)C(=O)c1ccc(C)cc1. The van der Waals surface area contributed by atoms with Crippen LogP contribution in [0.5, 0.6) is 0 Å². The van der Waals surface area contributed by atoms with Crippen LogP contribution in [0, 0.1) is 6.92 Å². The van der Waals surface area contributed by atoms with E-state index in [1.165, 1.54) is 18.4 Å². The first-order valence-electron chi connectivity index (χ1n) is 6.99. The van der Waals surface area contributed by atoms with Gasteiger partial charge in [0.05, 0.1) is 12.6 Å². The summed E-state index contributed by atoms with van der Waals surface area (Å²) in [6, 6.07) is 8.35. The van der Waals surface area contributed by atoms with E-state index in [1.807, 2.05) is 38.1 Å². The quantitative estimate of drug-likeness (QED) is 0.707. The molecule has 0 saturated heterocycles. The maximum atomic E-state index is 12.5. The fourth-order valence-electron chi connectivity index (χ4n) is 2.40. The molecular formula is C16H23NO2. The molecule has 0 aliphatic heterocycles. The van der Waals surface area contributed by atoms with Crippen molar-refractivity contribution in [2.45, 2.75) is 38.8 Å². The number of ether oxygens (including phenoxy) is 1. The van der Waals surface area contributed by atoms with Crippen LogP contribution in [-0.4, -0.2) is 43.0 Å². The lowest BCUT2D eigenvalue weighted by molar-refractivity contribution is 0.0758. The molecule has 0 heterocycles. The average molecular weight is 261 g/mol. The molecule has 0 amide bonds. The molecule has 2 rings (SSSR count). The van der Waals surface area contributed by atoms with Crippen LogP contribution in [-0.2, 0) is 4.74 Å². The highest BCUT2D eigenvalue weighted by Crippen LogP contribution is 2.29. The van der Waals surface area contributed by atoms with Gasteiger partial charge in [-0.05, 0) is 26.7 Å². The van der Waals surface area contributed by atoms with Gasteiger partial charge in [-0.25, -0.2) is 0 Å². The second-order valence-electron chi connectivity index (χ2n) is 5.37. The average Bonchev–Trinajstić information content (AvgIpc) is 3.23. The molecule has 1 aliphatic rings. The summed E-state index contributed by atoms with van der Waals surface area (Å²) in [7, 11) is 1.71. The fourth-order valence-corrected chi connectivity index (χ4v) is 2.40. The number of methoxy groups -OCH3 is 1. The van der Waals surface area contributed by atoms with Crippen molar-refractivity contribution in [3.8, 4) is 0 Å². The molecule has 1 saturated carbocycles. The molecule has 1 fully saturated rings. The van der Waals surface area contributed by atoms with Crippen LogP contribution in [0.1, 0.15) is 35.7 Å². The first-order valence-corrected chi connectivity index (χ1v) is 6.99. The predicted octanol–water partition coefficient (Wildman–Crippen LogP) is 2.68. The van der Waals surface area contributed by atoms with Crippen molar-refractivity contribution in [2.24, 2.45) is 0 Å². The van der Waals surface area contributed by atoms with Gasteiger partial charge in [-0.3, -0.25) is 9.69 Å². The first-order chi connectivity index (χ1) is 9.13. The number of carbonyl (C=O) groups is 1. The van der Waals surface area contributed by atoms with Crippen LogP contribution in [0.3, 0.4) is 0 Å². The normalized spacial score (nSPS) is 16.6. The van der Waals surface area contributed by atoms with Crippen LogP contribution in [0.2, 0.25) is 0 Å². The third kappa shape index (κ3) is 3.64. The Morgan fingerprint density at radius 3 is 2.53 bits per heavy atom. The lowest BCUT2D eigenvalue weighted by atomic mass is 10.0. The summed E-state index contributed by atoms with van der Waals surface area (Å²) in [6.07, 6.45) is 2.41. The Morgan fingerprint density at radius 2 is 2.00 bits per heavy atom. The molecule has 1 aromatic rings. The molecule has 0 radical (unpaired) electrons. The van der Waals surface area contributed by atoms with Gasteiger partial charge in [0.1, 0.15) is 0 Å². The van der Waals surface area contributed by atoms with Crippen molar-refractivity contribution in [1.82, 2.24) is 4.90 Å². The van der Waals surface area contributed by atoms with Gasteiger partial charge in [0.2, 0.25) is 0 Å². The summed E-state index contributed by atoms with van der Waals surface area (Å²) in [5.41, 5.74) is 1.99. The highest BCUT2D eigenvalue weighted by molar-refractivity contribution is 5.99. The smallest absolute Gasteiger partial charge is 0.179 e. The number of hydrogen-bond acceptors (Lipinski definition) is 3. The molecule has 0 aromatic heterocycles. The van der Waals surface area contributed by atoms with Crippen molar-refractivity contribution < 1.29 is 9.53 Å². The zero-order valence-corrected chi connectivity index (χ0v) is 12.1. The highest BCUT2D eigenvalue weighted by Gasteiger charge is 2.34. The summed E-state index contributed by atoms with van der Waals surface area (Å²) in [6.45, 7) is 5.56. The topological polar surface area (TPSA) is 29.5 Å².